The van der Waals surface area contributed by atoms with Gasteiger partial charge in [-0.15, -0.1) is 6.42 Å². The van der Waals surface area contributed by atoms with Gasteiger partial charge in [0.15, 0.2) is 0 Å². The Balaban J connectivity index is 2.21. The molecule has 1 saturated heterocycles. The molecule has 1 aliphatic rings. The van der Waals surface area contributed by atoms with Crippen LogP contribution in [0.5, 0.6) is 0 Å². The minimum absolute atomic E-state index is 0.226. The van der Waals surface area contributed by atoms with E-state index in [9.17, 15) is 0 Å². The third-order valence-corrected chi connectivity index (χ3v) is 1.38. The lowest BCUT2D eigenvalue weighted by atomic mass is 10.3. The molecule has 0 radical (unpaired) electrons. The Hall–Kier alpha value is -0.560. The average molecular weight is 142 g/mol. The second-order valence-electron chi connectivity index (χ2n) is 2.16. The Morgan fingerprint density at radius 1 is 1.70 bits per heavy atom. The van der Waals surface area contributed by atoms with Gasteiger partial charge in [-0.2, -0.15) is 0 Å². The molecule has 1 N–H and O–H groups in total. The van der Waals surface area contributed by atoms with Crippen LogP contribution in [0, 0.1) is 12.3 Å². The van der Waals surface area contributed by atoms with Crippen molar-refractivity contribution >= 4 is 0 Å². The Morgan fingerprint density at radius 3 is 3.00 bits per heavy atom. The van der Waals surface area contributed by atoms with Crippen LogP contribution in [0.1, 0.15) is 0 Å². The van der Waals surface area contributed by atoms with Crippen molar-refractivity contribution in [2.24, 2.45) is 0 Å². The van der Waals surface area contributed by atoms with Crippen LogP contribution in [-0.4, -0.2) is 37.1 Å². The Morgan fingerprint density at radius 2 is 2.50 bits per heavy atom. The van der Waals surface area contributed by atoms with Crippen LogP contribution in [0.3, 0.4) is 0 Å². The summed E-state index contributed by atoms with van der Waals surface area (Å²) in [6, 6.07) is 0. The molecule has 3 nitrogen and oxygen atoms in total. The molecule has 10 heavy (non-hydrogen) atoms. The first-order chi connectivity index (χ1) is 4.84. The van der Waals surface area contributed by atoms with E-state index < -0.39 is 6.10 Å². The summed E-state index contributed by atoms with van der Waals surface area (Å²) < 4.78 is 9.98. The molecular formula is C7H10O3. The van der Waals surface area contributed by atoms with E-state index in [1.807, 2.05) is 0 Å². The molecule has 0 saturated carbocycles. The van der Waals surface area contributed by atoms with E-state index in [1.54, 1.807) is 0 Å². The second-order valence-corrected chi connectivity index (χ2v) is 2.16. The lowest BCUT2D eigenvalue weighted by Gasteiger charge is -2.10. The predicted molar refractivity (Wildman–Crippen MR) is 35.4 cm³/mol. The van der Waals surface area contributed by atoms with Gasteiger partial charge in [0, 0.05) is 0 Å². The first-order valence-electron chi connectivity index (χ1n) is 3.15. The highest BCUT2D eigenvalue weighted by Crippen LogP contribution is 2.08. The number of terminal acetylenes is 1. The lowest BCUT2D eigenvalue weighted by molar-refractivity contribution is 0.00592. The van der Waals surface area contributed by atoms with Crippen molar-refractivity contribution in [3.63, 3.8) is 0 Å². The third kappa shape index (κ3) is 1.71. The first-order valence-corrected chi connectivity index (χ1v) is 3.15. The lowest BCUT2D eigenvalue weighted by Crippen LogP contribution is -2.26. The monoisotopic (exact) mass is 142 g/mol. The summed E-state index contributed by atoms with van der Waals surface area (Å²) in [5.41, 5.74) is 0. The summed E-state index contributed by atoms with van der Waals surface area (Å²) in [6.07, 6.45) is 4.22. The first kappa shape index (κ1) is 7.55. The van der Waals surface area contributed by atoms with Gasteiger partial charge in [-0.1, -0.05) is 5.92 Å². The van der Waals surface area contributed by atoms with E-state index in [4.69, 9.17) is 21.0 Å². The minimum atomic E-state index is -0.506. The molecule has 0 aromatic heterocycles. The number of ether oxygens (including phenoxy) is 2. The van der Waals surface area contributed by atoms with Crippen molar-refractivity contribution in [2.75, 3.05) is 19.8 Å². The summed E-state index contributed by atoms with van der Waals surface area (Å²) in [7, 11) is 0. The minimum Gasteiger partial charge on any atom is -0.388 e. The number of hydrogen-bond donors (Lipinski definition) is 1. The van der Waals surface area contributed by atoms with Crippen LogP contribution in [-0.2, 0) is 9.47 Å². The van der Waals surface area contributed by atoms with E-state index in [-0.39, 0.29) is 12.7 Å². The van der Waals surface area contributed by atoms with Gasteiger partial charge in [-0.25, -0.2) is 0 Å². The largest absolute Gasteiger partial charge is 0.388 e. The van der Waals surface area contributed by atoms with Gasteiger partial charge >= 0.3 is 0 Å². The molecule has 3 heteroatoms. The van der Waals surface area contributed by atoms with Crippen LogP contribution in [0.25, 0.3) is 0 Å². The van der Waals surface area contributed by atoms with Gasteiger partial charge < -0.3 is 14.6 Å². The SMILES string of the molecule is C#CCOC1COCC1O. The van der Waals surface area contributed by atoms with Crippen LogP contribution in [0.2, 0.25) is 0 Å². The van der Waals surface area contributed by atoms with E-state index in [0.717, 1.165) is 0 Å². The van der Waals surface area contributed by atoms with Gasteiger partial charge in [0.1, 0.15) is 18.8 Å². The average Bonchev–Trinajstić information content (AvgIpc) is 2.31. The second kappa shape index (κ2) is 3.57. The highest BCUT2D eigenvalue weighted by atomic mass is 16.6. The van der Waals surface area contributed by atoms with Crippen LogP contribution in [0.15, 0.2) is 0 Å². The molecule has 56 valence electrons. The van der Waals surface area contributed by atoms with Crippen LogP contribution < -0.4 is 0 Å². The van der Waals surface area contributed by atoms with Crippen molar-refractivity contribution in [1.29, 1.82) is 0 Å². The Labute approximate surface area is 59.9 Å². The molecule has 1 fully saturated rings. The van der Waals surface area contributed by atoms with Gasteiger partial charge in [-0.3, -0.25) is 0 Å². The van der Waals surface area contributed by atoms with E-state index in [1.165, 1.54) is 0 Å². The molecule has 0 bridgehead atoms. The molecule has 0 aliphatic carbocycles. The predicted octanol–water partition coefficient (Wildman–Crippen LogP) is -0.604. The summed E-state index contributed by atoms with van der Waals surface area (Å²) in [4.78, 5) is 0. The summed E-state index contributed by atoms with van der Waals surface area (Å²) >= 11 is 0. The fraction of sp³-hybridized carbons (Fsp3) is 0.714. The van der Waals surface area contributed by atoms with E-state index in [2.05, 4.69) is 5.92 Å². The van der Waals surface area contributed by atoms with Gasteiger partial charge in [-0.05, 0) is 0 Å². The zero-order valence-electron chi connectivity index (χ0n) is 5.62. The normalized spacial score (nSPS) is 32.0. The molecule has 0 aromatic carbocycles. The maximum atomic E-state index is 9.10. The standard InChI is InChI=1S/C7H10O3/c1-2-3-10-7-5-9-4-6(7)8/h1,6-8H,3-5H2. The number of rotatable bonds is 2. The van der Waals surface area contributed by atoms with Crippen molar-refractivity contribution in [2.45, 2.75) is 12.2 Å². The molecule has 1 heterocycles. The highest BCUT2D eigenvalue weighted by molar-refractivity contribution is 4.85. The Kier molecular flexibility index (Phi) is 2.69. The summed E-state index contributed by atoms with van der Waals surface area (Å²) in [6.45, 7) is 1.04. The van der Waals surface area contributed by atoms with Crippen LogP contribution >= 0.6 is 0 Å². The van der Waals surface area contributed by atoms with Crippen molar-refractivity contribution in [1.82, 2.24) is 0 Å². The van der Waals surface area contributed by atoms with Crippen LogP contribution in [0.4, 0.5) is 0 Å². The topological polar surface area (TPSA) is 38.7 Å². The molecule has 0 aromatic rings. The quantitative estimate of drug-likeness (QED) is 0.523. The number of aliphatic hydroxyl groups is 1. The smallest absolute Gasteiger partial charge is 0.110 e. The summed E-state index contributed by atoms with van der Waals surface area (Å²) in [5, 5.41) is 9.10. The molecule has 2 unspecified atom stereocenters. The molecular weight excluding hydrogens is 132 g/mol. The maximum absolute atomic E-state index is 9.10. The molecule has 0 amide bonds. The van der Waals surface area contributed by atoms with Gasteiger partial charge in [0.2, 0.25) is 0 Å². The number of aliphatic hydroxyl groups excluding tert-OH is 1. The molecule has 1 aliphatic heterocycles. The third-order valence-electron chi connectivity index (χ3n) is 1.38. The Bertz CT molecular complexity index is 138. The van der Waals surface area contributed by atoms with E-state index in [0.29, 0.717) is 13.2 Å². The highest BCUT2D eigenvalue weighted by Gasteiger charge is 2.26. The fourth-order valence-corrected chi connectivity index (χ4v) is 0.838. The van der Waals surface area contributed by atoms with E-state index >= 15 is 0 Å². The zero-order chi connectivity index (χ0) is 7.40. The molecule has 2 atom stereocenters. The fourth-order valence-electron chi connectivity index (χ4n) is 0.838. The zero-order valence-corrected chi connectivity index (χ0v) is 5.62. The molecule has 0 spiro atoms. The number of hydrogen-bond acceptors (Lipinski definition) is 3. The summed E-state index contributed by atoms with van der Waals surface area (Å²) in [5.74, 6) is 2.33. The van der Waals surface area contributed by atoms with Crippen molar-refractivity contribution in [3.8, 4) is 12.3 Å². The maximum Gasteiger partial charge on any atom is 0.110 e. The van der Waals surface area contributed by atoms with Gasteiger partial charge in [0.25, 0.3) is 0 Å². The molecule has 1 rings (SSSR count). The van der Waals surface area contributed by atoms with Gasteiger partial charge in [0.05, 0.1) is 13.2 Å². The van der Waals surface area contributed by atoms with Crippen molar-refractivity contribution in [3.05, 3.63) is 0 Å². The van der Waals surface area contributed by atoms with Crippen molar-refractivity contribution < 1.29 is 14.6 Å².